The molecular formula is C9H7F3N4O. The summed E-state index contributed by atoms with van der Waals surface area (Å²) in [6.45, 7) is -1.42. The molecule has 8 heteroatoms. The fourth-order valence-corrected chi connectivity index (χ4v) is 1.25. The predicted molar refractivity (Wildman–Crippen MR) is 51.7 cm³/mol. The van der Waals surface area contributed by atoms with Gasteiger partial charge in [0, 0.05) is 18.5 Å². The SMILES string of the molecule is O=c1ccc(-n2cccn2)nn1CC(F)(F)F. The highest BCUT2D eigenvalue weighted by Gasteiger charge is 2.29. The van der Waals surface area contributed by atoms with Crippen molar-refractivity contribution < 1.29 is 13.2 Å². The second kappa shape index (κ2) is 4.04. The van der Waals surface area contributed by atoms with Gasteiger partial charge in [-0.05, 0) is 12.1 Å². The number of hydrogen-bond donors (Lipinski definition) is 0. The van der Waals surface area contributed by atoms with E-state index in [2.05, 4.69) is 10.2 Å². The summed E-state index contributed by atoms with van der Waals surface area (Å²) in [6, 6.07) is 3.93. The van der Waals surface area contributed by atoms with Crippen molar-refractivity contribution in [1.29, 1.82) is 0 Å². The molecule has 0 spiro atoms. The van der Waals surface area contributed by atoms with Crippen LogP contribution in [0.4, 0.5) is 13.2 Å². The molecule has 2 aromatic rings. The van der Waals surface area contributed by atoms with Gasteiger partial charge in [-0.1, -0.05) is 0 Å². The van der Waals surface area contributed by atoms with Gasteiger partial charge in [0.1, 0.15) is 6.54 Å². The van der Waals surface area contributed by atoms with Crippen LogP contribution >= 0.6 is 0 Å². The maximum atomic E-state index is 12.2. The van der Waals surface area contributed by atoms with E-state index in [1.165, 1.54) is 23.1 Å². The standard InChI is InChI=1S/C9H7F3N4O/c10-9(11,12)6-16-8(17)3-2-7(14-16)15-5-1-4-13-15/h1-5H,6H2. The highest BCUT2D eigenvalue weighted by Crippen LogP contribution is 2.15. The van der Waals surface area contributed by atoms with Crippen molar-refractivity contribution in [2.75, 3.05) is 0 Å². The molecule has 5 nitrogen and oxygen atoms in total. The van der Waals surface area contributed by atoms with Gasteiger partial charge in [0.05, 0.1) is 0 Å². The smallest absolute Gasteiger partial charge is 0.268 e. The van der Waals surface area contributed by atoms with Crippen LogP contribution in [0.3, 0.4) is 0 Å². The zero-order valence-corrected chi connectivity index (χ0v) is 8.42. The van der Waals surface area contributed by atoms with Crippen LogP contribution in [0.5, 0.6) is 0 Å². The van der Waals surface area contributed by atoms with Gasteiger partial charge in [0.15, 0.2) is 5.82 Å². The predicted octanol–water partition coefficient (Wildman–Crippen LogP) is 0.991. The molecule has 0 saturated heterocycles. The lowest BCUT2D eigenvalue weighted by atomic mass is 10.5. The van der Waals surface area contributed by atoms with E-state index in [1.54, 1.807) is 6.07 Å². The molecule has 0 N–H and O–H groups in total. The first-order valence-electron chi connectivity index (χ1n) is 4.61. The topological polar surface area (TPSA) is 52.7 Å². The molecule has 0 bridgehead atoms. The molecule has 17 heavy (non-hydrogen) atoms. The van der Waals surface area contributed by atoms with Crippen molar-refractivity contribution >= 4 is 0 Å². The van der Waals surface area contributed by atoms with Gasteiger partial charge >= 0.3 is 6.18 Å². The third-order valence-corrected chi connectivity index (χ3v) is 1.92. The molecule has 0 atom stereocenters. The quantitative estimate of drug-likeness (QED) is 0.791. The van der Waals surface area contributed by atoms with Crippen molar-refractivity contribution in [3.63, 3.8) is 0 Å². The van der Waals surface area contributed by atoms with Gasteiger partial charge in [-0.2, -0.15) is 18.3 Å². The summed E-state index contributed by atoms with van der Waals surface area (Å²) >= 11 is 0. The Morgan fingerprint density at radius 1 is 1.29 bits per heavy atom. The molecule has 0 fully saturated rings. The summed E-state index contributed by atoms with van der Waals surface area (Å²) < 4.78 is 38.1. The monoisotopic (exact) mass is 244 g/mol. The third kappa shape index (κ3) is 2.71. The van der Waals surface area contributed by atoms with Crippen LogP contribution in [0.15, 0.2) is 35.4 Å². The summed E-state index contributed by atoms with van der Waals surface area (Å²) in [5.41, 5.74) is -0.807. The molecular weight excluding hydrogens is 237 g/mol. The van der Waals surface area contributed by atoms with Crippen LogP contribution in [-0.4, -0.2) is 25.7 Å². The van der Waals surface area contributed by atoms with E-state index < -0.39 is 18.3 Å². The Morgan fingerprint density at radius 2 is 2.06 bits per heavy atom. The van der Waals surface area contributed by atoms with E-state index in [-0.39, 0.29) is 5.82 Å². The molecule has 0 unspecified atom stereocenters. The van der Waals surface area contributed by atoms with Gasteiger partial charge in [0.25, 0.3) is 5.56 Å². The lowest BCUT2D eigenvalue weighted by molar-refractivity contribution is -0.143. The van der Waals surface area contributed by atoms with Crippen molar-refractivity contribution in [2.24, 2.45) is 0 Å². The second-order valence-corrected chi connectivity index (χ2v) is 3.25. The molecule has 0 aliphatic carbocycles. The number of aromatic nitrogens is 4. The number of halogens is 3. The van der Waals surface area contributed by atoms with E-state index in [0.29, 0.717) is 4.68 Å². The highest BCUT2D eigenvalue weighted by atomic mass is 19.4. The third-order valence-electron chi connectivity index (χ3n) is 1.92. The zero-order valence-electron chi connectivity index (χ0n) is 8.42. The number of rotatable bonds is 2. The fraction of sp³-hybridized carbons (Fsp3) is 0.222. The molecule has 0 aliphatic heterocycles. The largest absolute Gasteiger partial charge is 0.408 e. The lowest BCUT2D eigenvalue weighted by Gasteiger charge is -2.09. The Labute approximate surface area is 93.1 Å². The minimum Gasteiger partial charge on any atom is -0.268 e. The molecule has 2 rings (SSSR count). The summed E-state index contributed by atoms with van der Waals surface area (Å²) in [5, 5.41) is 7.40. The van der Waals surface area contributed by atoms with E-state index >= 15 is 0 Å². The van der Waals surface area contributed by atoms with Crippen molar-refractivity contribution in [1.82, 2.24) is 19.6 Å². The van der Waals surface area contributed by atoms with E-state index in [0.717, 1.165) is 6.07 Å². The van der Waals surface area contributed by atoms with Crippen LogP contribution in [0.25, 0.3) is 5.82 Å². The van der Waals surface area contributed by atoms with Gasteiger partial charge in [-0.25, -0.2) is 9.36 Å². The molecule has 0 amide bonds. The average molecular weight is 244 g/mol. The van der Waals surface area contributed by atoms with Gasteiger partial charge in [-0.3, -0.25) is 4.79 Å². The van der Waals surface area contributed by atoms with Crippen LogP contribution < -0.4 is 5.56 Å². The van der Waals surface area contributed by atoms with E-state index in [1.807, 2.05) is 0 Å². The van der Waals surface area contributed by atoms with Gasteiger partial charge in [-0.15, -0.1) is 5.10 Å². The number of alkyl halides is 3. The van der Waals surface area contributed by atoms with Crippen molar-refractivity contribution in [3.05, 3.63) is 40.9 Å². The maximum Gasteiger partial charge on any atom is 0.408 e. The normalized spacial score (nSPS) is 11.7. The number of nitrogens with zero attached hydrogens (tertiary/aromatic N) is 4. The molecule has 2 heterocycles. The van der Waals surface area contributed by atoms with E-state index in [4.69, 9.17) is 0 Å². The van der Waals surface area contributed by atoms with Crippen LogP contribution in [0.1, 0.15) is 0 Å². The Balaban J connectivity index is 2.40. The molecule has 0 saturated carbocycles. The maximum absolute atomic E-state index is 12.2. The van der Waals surface area contributed by atoms with Crippen LogP contribution in [0, 0.1) is 0 Å². The summed E-state index contributed by atoms with van der Waals surface area (Å²) in [7, 11) is 0. The minimum absolute atomic E-state index is 0.152. The Morgan fingerprint density at radius 3 is 2.65 bits per heavy atom. The lowest BCUT2D eigenvalue weighted by Crippen LogP contribution is -2.30. The van der Waals surface area contributed by atoms with Crippen LogP contribution in [-0.2, 0) is 6.54 Å². The average Bonchev–Trinajstić information content (AvgIpc) is 2.72. The first-order valence-corrected chi connectivity index (χ1v) is 4.61. The molecule has 0 aliphatic rings. The van der Waals surface area contributed by atoms with Gasteiger partial charge < -0.3 is 0 Å². The summed E-state index contributed by atoms with van der Waals surface area (Å²) in [6.07, 6.45) is -1.51. The highest BCUT2D eigenvalue weighted by molar-refractivity contribution is 5.17. The second-order valence-electron chi connectivity index (χ2n) is 3.25. The first-order chi connectivity index (χ1) is 7.96. The van der Waals surface area contributed by atoms with Crippen LogP contribution in [0.2, 0.25) is 0 Å². The number of hydrogen-bond acceptors (Lipinski definition) is 3. The van der Waals surface area contributed by atoms with Gasteiger partial charge in [0.2, 0.25) is 0 Å². The fourth-order valence-electron chi connectivity index (χ4n) is 1.25. The first kappa shape index (κ1) is 11.4. The minimum atomic E-state index is -4.49. The summed E-state index contributed by atoms with van der Waals surface area (Å²) in [4.78, 5) is 11.2. The van der Waals surface area contributed by atoms with Crippen molar-refractivity contribution in [3.8, 4) is 5.82 Å². The van der Waals surface area contributed by atoms with Crippen molar-refractivity contribution in [2.45, 2.75) is 12.7 Å². The summed E-state index contributed by atoms with van der Waals surface area (Å²) in [5.74, 6) is 0.152. The molecule has 90 valence electrons. The molecule has 0 aromatic carbocycles. The Hall–Kier alpha value is -2.12. The molecule has 0 radical (unpaired) electrons. The van der Waals surface area contributed by atoms with E-state index in [9.17, 15) is 18.0 Å². The Kier molecular flexibility index (Phi) is 2.70. The molecule has 2 aromatic heterocycles. The Bertz CT molecular complexity index is 558. The zero-order chi connectivity index (χ0) is 12.5.